The predicted octanol–water partition coefficient (Wildman–Crippen LogP) is 1.66. The van der Waals surface area contributed by atoms with Gasteiger partial charge in [0.05, 0.1) is 18.1 Å². The van der Waals surface area contributed by atoms with E-state index < -0.39 is 22.0 Å². The molecule has 9 nitrogen and oxygen atoms in total. The van der Waals surface area contributed by atoms with E-state index in [0.717, 1.165) is 5.56 Å². The van der Waals surface area contributed by atoms with Gasteiger partial charge in [-0.1, -0.05) is 23.8 Å². The summed E-state index contributed by atoms with van der Waals surface area (Å²) in [6.07, 6.45) is 4.00. The van der Waals surface area contributed by atoms with Gasteiger partial charge in [0.1, 0.15) is 31.0 Å². The molecule has 1 aromatic carbocycles. The maximum atomic E-state index is 12.4. The number of benzene rings is 1. The number of nitrogens with zero attached hydrogens (tertiary/aromatic N) is 4. The van der Waals surface area contributed by atoms with Crippen LogP contribution in [0.15, 0.2) is 66.2 Å². The second-order valence-electron chi connectivity index (χ2n) is 6.66. The number of aromatic nitrogens is 4. The van der Waals surface area contributed by atoms with Gasteiger partial charge in [0.15, 0.2) is 0 Å². The molecule has 3 aromatic rings. The van der Waals surface area contributed by atoms with Crippen LogP contribution in [-0.4, -0.2) is 47.5 Å². The fourth-order valence-corrected chi connectivity index (χ4v) is 3.94. The smallest absolute Gasteiger partial charge is 0.297 e. The molecule has 1 saturated heterocycles. The third-order valence-corrected chi connectivity index (χ3v) is 5.77. The molecule has 1 aliphatic heterocycles. The zero-order chi connectivity index (χ0) is 20.3. The minimum Gasteiger partial charge on any atom is -0.340 e. The quantitative estimate of drug-likeness (QED) is 0.536. The molecule has 0 radical (unpaired) electrons. The summed E-state index contributed by atoms with van der Waals surface area (Å²) in [6.45, 7) is 2.06. The van der Waals surface area contributed by atoms with E-state index in [9.17, 15) is 8.42 Å². The molecule has 10 heteroatoms. The molecule has 1 fully saturated rings. The molecular formula is C19H20N4O5S. The van der Waals surface area contributed by atoms with Gasteiger partial charge in [-0.25, -0.2) is 9.67 Å². The summed E-state index contributed by atoms with van der Waals surface area (Å²) in [5, 5.41) is 4.10. The normalized spacial score (nSPS) is 22.0. The van der Waals surface area contributed by atoms with Crippen LogP contribution in [0.25, 0.3) is 0 Å². The van der Waals surface area contributed by atoms with E-state index in [1.165, 1.54) is 18.5 Å². The van der Waals surface area contributed by atoms with Gasteiger partial charge in [0, 0.05) is 6.20 Å². The van der Waals surface area contributed by atoms with E-state index >= 15 is 0 Å². The molecule has 0 saturated carbocycles. The lowest BCUT2D eigenvalue weighted by Gasteiger charge is -2.27. The predicted molar refractivity (Wildman–Crippen MR) is 101 cm³/mol. The van der Waals surface area contributed by atoms with E-state index in [-0.39, 0.29) is 24.7 Å². The van der Waals surface area contributed by atoms with Crippen molar-refractivity contribution in [3.05, 3.63) is 72.6 Å². The zero-order valence-corrected chi connectivity index (χ0v) is 16.5. The molecule has 2 aromatic heterocycles. The van der Waals surface area contributed by atoms with Crippen molar-refractivity contribution in [1.29, 1.82) is 0 Å². The monoisotopic (exact) mass is 416 g/mol. The Morgan fingerprint density at radius 1 is 1.24 bits per heavy atom. The van der Waals surface area contributed by atoms with E-state index in [0.29, 0.717) is 5.69 Å². The van der Waals surface area contributed by atoms with Crippen LogP contribution in [0.3, 0.4) is 0 Å². The second kappa shape index (κ2) is 7.99. The Balaban J connectivity index is 1.48. The molecule has 0 amide bonds. The Bertz CT molecular complexity index is 1040. The van der Waals surface area contributed by atoms with Crippen LogP contribution in [0.4, 0.5) is 0 Å². The number of ether oxygens (including phenoxy) is 2. The average Bonchev–Trinajstić information content (AvgIpc) is 3.39. The average molecular weight is 416 g/mol. The minimum absolute atomic E-state index is 0.0978. The Morgan fingerprint density at radius 2 is 2.07 bits per heavy atom. The Kier molecular flexibility index (Phi) is 5.41. The SMILES string of the molecule is Cc1ccc(S(=O)(=O)OC[C@H]2CO[C@@](Cn3cncn3)(c3ccccn3)O2)cc1. The van der Waals surface area contributed by atoms with Crippen LogP contribution in [0, 0.1) is 6.92 Å². The molecule has 3 heterocycles. The first-order valence-electron chi connectivity index (χ1n) is 8.99. The molecule has 0 aliphatic carbocycles. The number of pyridine rings is 1. The first-order valence-corrected chi connectivity index (χ1v) is 10.4. The van der Waals surface area contributed by atoms with Crippen molar-refractivity contribution in [2.45, 2.75) is 30.3 Å². The summed E-state index contributed by atoms with van der Waals surface area (Å²) in [4.78, 5) is 8.37. The van der Waals surface area contributed by atoms with Crippen LogP contribution < -0.4 is 0 Å². The van der Waals surface area contributed by atoms with Gasteiger partial charge in [-0.15, -0.1) is 0 Å². The van der Waals surface area contributed by atoms with Gasteiger partial charge in [-0.05, 0) is 31.2 Å². The van der Waals surface area contributed by atoms with E-state index in [4.69, 9.17) is 13.7 Å². The third kappa shape index (κ3) is 4.35. The highest BCUT2D eigenvalue weighted by molar-refractivity contribution is 7.86. The lowest BCUT2D eigenvalue weighted by molar-refractivity contribution is -0.193. The summed E-state index contributed by atoms with van der Waals surface area (Å²) in [5.41, 5.74) is 1.52. The third-order valence-electron chi connectivity index (χ3n) is 4.47. The van der Waals surface area contributed by atoms with Crippen LogP contribution in [0.1, 0.15) is 11.3 Å². The molecule has 0 spiro atoms. The van der Waals surface area contributed by atoms with Crippen molar-refractivity contribution in [3.63, 3.8) is 0 Å². The molecule has 152 valence electrons. The van der Waals surface area contributed by atoms with Crippen molar-refractivity contribution < 1.29 is 22.1 Å². The summed E-state index contributed by atoms with van der Waals surface area (Å²) in [5.74, 6) is -1.21. The van der Waals surface area contributed by atoms with Crippen LogP contribution in [0.2, 0.25) is 0 Å². The molecule has 1 aliphatic rings. The van der Waals surface area contributed by atoms with Crippen molar-refractivity contribution >= 4 is 10.1 Å². The van der Waals surface area contributed by atoms with E-state index in [1.54, 1.807) is 41.5 Å². The highest BCUT2D eigenvalue weighted by Crippen LogP contribution is 2.35. The highest BCUT2D eigenvalue weighted by Gasteiger charge is 2.45. The summed E-state index contributed by atoms with van der Waals surface area (Å²) in [7, 11) is -3.90. The molecule has 0 bridgehead atoms. The summed E-state index contributed by atoms with van der Waals surface area (Å²) in [6, 6.07) is 11.9. The molecule has 2 atom stereocenters. The van der Waals surface area contributed by atoms with Crippen LogP contribution in [0.5, 0.6) is 0 Å². The Hall–Kier alpha value is -2.66. The lowest BCUT2D eigenvalue weighted by atomic mass is 10.1. The van der Waals surface area contributed by atoms with E-state index in [2.05, 4.69) is 15.1 Å². The molecule has 0 N–H and O–H groups in total. The molecule has 29 heavy (non-hydrogen) atoms. The highest BCUT2D eigenvalue weighted by atomic mass is 32.2. The molecular weight excluding hydrogens is 396 g/mol. The fraction of sp³-hybridized carbons (Fsp3) is 0.316. The Labute approximate surface area is 168 Å². The number of rotatable bonds is 7. The standard InChI is InChI=1S/C19H20N4O5S/c1-15-5-7-17(8-6-15)29(24,25)27-11-16-10-26-19(28-16,12-23-14-20-13-22-23)18-4-2-3-9-21-18/h2-9,13-14,16H,10-12H2,1H3/t16-,19-/m1/s1. The summed E-state index contributed by atoms with van der Waals surface area (Å²) < 4.78 is 43.7. The largest absolute Gasteiger partial charge is 0.340 e. The topological polar surface area (TPSA) is 105 Å². The van der Waals surface area contributed by atoms with Crippen molar-refractivity contribution in [2.24, 2.45) is 0 Å². The first kappa shape index (κ1) is 19.6. The summed E-state index contributed by atoms with van der Waals surface area (Å²) >= 11 is 0. The minimum atomic E-state index is -3.90. The van der Waals surface area contributed by atoms with Gasteiger partial charge in [0.25, 0.3) is 10.1 Å². The van der Waals surface area contributed by atoms with Gasteiger partial charge in [0.2, 0.25) is 5.79 Å². The second-order valence-corrected chi connectivity index (χ2v) is 8.28. The molecule has 0 unspecified atom stereocenters. The Morgan fingerprint density at radius 3 is 2.76 bits per heavy atom. The number of aryl methyl sites for hydroxylation is 1. The van der Waals surface area contributed by atoms with E-state index in [1.807, 2.05) is 13.0 Å². The maximum absolute atomic E-state index is 12.4. The lowest BCUT2D eigenvalue weighted by Crippen LogP contribution is -2.35. The van der Waals surface area contributed by atoms with Gasteiger partial charge < -0.3 is 9.47 Å². The fourth-order valence-electron chi connectivity index (χ4n) is 3.00. The number of hydrogen-bond donors (Lipinski definition) is 0. The van der Waals surface area contributed by atoms with Gasteiger partial charge >= 0.3 is 0 Å². The van der Waals surface area contributed by atoms with Crippen LogP contribution in [-0.2, 0) is 36.1 Å². The van der Waals surface area contributed by atoms with Gasteiger partial charge in [-0.2, -0.15) is 13.5 Å². The number of hydrogen-bond acceptors (Lipinski definition) is 8. The molecule has 4 rings (SSSR count). The van der Waals surface area contributed by atoms with Crippen molar-refractivity contribution in [2.75, 3.05) is 13.2 Å². The zero-order valence-electron chi connectivity index (χ0n) is 15.7. The van der Waals surface area contributed by atoms with Crippen molar-refractivity contribution in [3.8, 4) is 0 Å². The van der Waals surface area contributed by atoms with Crippen LogP contribution >= 0.6 is 0 Å². The van der Waals surface area contributed by atoms with Gasteiger partial charge in [-0.3, -0.25) is 9.17 Å². The maximum Gasteiger partial charge on any atom is 0.297 e. The van der Waals surface area contributed by atoms with Crippen molar-refractivity contribution in [1.82, 2.24) is 19.7 Å². The first-order chi connectivity index (χ1) is 14.0.